The van der Waals surface area contributed by atoms with Gasteiger partial charge in [0.15, 0.2) is 0 Å². The molecule has 2 fully saturated rings. The third-order valence-corrected chi connectivity index (χ3v) is 4.70. The summed E-state index contributed by atoms with van der Waals surface area (Å²) in [6.07, 6.45) is 5.55. The number of rotatable bonds is 2. The Kier molecular flexibility index (Phi) is 3.72. The monoisotopic (exact) mass is 274 g/mol. The summed E-state index contributed by atoms with van der Waals surface area (Å²) in [7, 11) is 2.08. The van der Waals surface area contributed by atoms with Crippen LogP contribution in [0, 0.1) is 0 Å². The predicted molar refractivity (Wildman–Crippen MR) is 77.1 cm³/mol. The largest absolute Gasteiger partial charge is 0.353 e. The van der Waals surface area contributed by atoms with Gasteiger partial charge in [-0.3, -0.25) is 19.6 Å². The van der Waals surface area contributed by atoms with Gasteiger partial charge in [-0.15, -0.1) is 0 Å². The van der Waals surface area contributed by atoms with Gasteiger partial charge in [-0.1, -0.05) is 6.07 Å². The Bertz CT molecular complexity index is 468. The van der Waals surface area contributed by atoms with Gasteiger partial charge in [0.25, 0.3) is 0 Å². The minimum Gasteiger partial charge on any atom is -0.353 e. The molecule has 20 heavy (non-hydrogen) atoms. The molecule has 3 rings (SSSR count). The van der Waals surface area contributed by atoms with E-state index in [0.29, 0.717) is 0 Å². The third-order valence-electron chi connectivity index (χ3n) is 4.70. The van der Waals surface area contributed by atoms with E-state index in [2.05, 4.69) is 33.2 Å². The summed E-state index contributed by atoms with van der Waals surface area (Å²) < 4.78 is 0. The normalized spacial score (nSPS) is 23.8. The molecule has 0 aliphatic carbocycles. The second-order valence-electron chi connectivity index (χ2n) is 5.85. The quantitative estimate of drug-likeness (QED) is 0.852. The number of hydrogen-bond acceptors (Lipinski definition) is 4. The zero-order chi connectivity index (χ0) is 14.0. The second-order valence-corrected chi connectivity index (χ2v) is 5.85. The van der Waals surface area contributed by atoms with Crippen LogP contribution in [0.25, 0.3) is 0 Å². The molecule has 0 unspecified atom stereocenters. The van der Waals surface area contributed by atoms with Crippen molar-refractivity contribution in [3.63, 3.8) is 0 Å². The molecule has 1 N–H and O–H groups in total. The minimum atomic E-state index is -0.274. The standard InChI is InChI=1S/C15H22N4O/c1-18-10-7-17-14(20)15(18)4-8-19(9-5-15)12-13-3-2-6-16-11-13/h2-3,6,11H,4-5,7-10,12H2,1H3,(H,17,20). The van der Waals surface area contributed by atoms with E-state index in [1.807, 2.05) is 12.3 Å². The molecule has 1 aromatic rings. The summed E-state index contributed by atoms with van der Waals surface area (Å²) in [5.41, 5.74) is 0.967. The van der Waals surface area contributed by atoms with Gasteiger partial charge in [-0.05, 0) is 31.5 Å². The third kappa shape index (κ3) is 2.43. The molecule has 2 aliphatic rings. The number of likely N-dealkylation sites (N-methyl/N-ethyl adjacent to an activating group) is 1. The molecule has 1 spiro atoms. The Labute approximate surface area is 120 Å². The average Bonchev–Trinajstić information content (AvgIpc) is 2.48. The summed E-state index contributed by atoms with van der Waals surface area (Å²) in [6, 6.07) is 4.08. The Morgan fingerprint density at radius 1 is 1.35 bits per heavy atom. The molecule has 0 saturated carbocycles. The Morgan fingerprint density at radius 2 is 2.15 bits per heavy atom. The van der Waals surface area contributed by atoms with E-state index in [9.17, 15) is 4.79 Å². The second kappa shape index (κ2) is 5.50. The molecule has 2 saturated heterocycles. The number of nitrogens with zero attached hydrogens (tertiary/aromatic N) is 3. The van der Waals surface area contributed by atoms with Gasteiger partial charge >= 0.3 is 0 Å². The Balaban J connectivity index is 1.63. The summed E-state index contributed by atoms with van der Waals surface area (Å²) in [4.78, 5) is 21.1. The maximum Gasteiger partial charge on any atom is 0.240 e. The molecule has 2 aliphatic heterocycles. The van der Waals surface area contributed by atoms with Crippen LogP contribution in [0.15, 0.2) is 24.5 Å². The SMILES string of the molecule is CN1CCNC(=O)C12CCN(Cc1cccnc1)CC2. The average molecular weight is 274 g/mol. The summed E-state index contributed by atoms with van der Waals surface area (Å²) in [5, 5.41) is 3.03. The molecule has 108 valence electrons. The number of piperazine rings is 1. The van der Waals surface area contributed by atoms with E-state index in [-0.39, 0.29) is 11.4 Å². The van der Waals surface area contributed by atoms with Crippen LogP contribution in [0.1, 0.15) is 18.4 Å². The number of amides is 1. The number of carbonyl (C=O) groups is 1. The molecule has 5 heteroatoms. The maximum absolute atomic E-state index is 12.3. The van der Waals surface area contributed by atoms with Gasteiger partial charge in [-0.25, -0.2) is 0 Å². The van der Waals surface area contributed by atoms with Gasteiger partial charge in [-0.2, -0.15) is 0 Å². The van der Waals surface area contributed by atoms with Gasteiger partial charge in [0, 0.05) is 45.1 Å². The van der Waals surface area contributed by atoms with E-state index in [1.54, 1.807) is 6.20 Å². The van der Waals surface area contributed by atoms with E-state index >= 15 is 0 Å². The van der Waals surface area contributed by atoms with Crippen LogP contribution in [-0.2, 0) is 11.3 Å². The highest BCUT2D eigenvalue weighted by molar-refractivity contribution is 5.87. The Morgan fingerprint density at radius 3 is 2.80 bits per heavy atom. The highest BCUT2D eigenvalue weighted by atomic mass is 16.2. The molecular weight excluding hydrogens is 252 g/mol. The van der Waals surface area contributed by atoms with Crippen molar-refractivity contribution in [1.29, 1.82) is 0 Å². The molecule has 0 radical (unpaired) electrons. The number of hydrogen-bond donors (Lipinski definition) is 1. The van der Waals surface area contributed by atoms with Crippen molar-refractivity contribution >= 4 is 5.91 Å². The van der Waals surface area contributed by atoms with Crippen molar-refractivity contribution in [3.05, 3.63) is 30.1 Å². The number of aromatic nitrogens is 1. The van der Waals surface area contributed by atoms with Gasteiger partial charge in [0.1, 0.15) is 5.54 Å². The van der Waals surface area contributed by atoms with E-state index in [4.69, 9.17) is 0 Å². The number of nitrogens with one attached hydrogen (secondary N) is 1. The highest BCUT2D eigenvalue weighted by Crippen LogP contribution is 2.30. The maximum atomic E-state index is 12.3. The first-order chi connectivity index (χ1) is 9.71. The Hall–Kier alpha value is -1.46. The smallest absolute Gasteiger partial charge is 0.240 e. The van der Waals surface area contributed by atoms with Crippen molar-refractivity contribution in [3.8, 4) is 0 Å². The van der Waals surface area contributed by atoms with Crippen LogP contribution in [0.4, 0.5) is 0 Å². The van der Waals surface area contributed by atoms with E-state index < -0.39 is 0 Å². The van der Waals surface area contributed by atoms with Crippen molar-refractivity contribution in [2.75, 3.05) is 33.2 Å². The van der Waals surface area contributed by atoms with E-state index in [1.165, 1.54) is 5.56 Å². The molecule has 0 atom stereocenters. The summed E-state index contributed by atoms with van der Waals surface area (Å²) in [6.45, 7) is 4.58. The van der Waals surface area contributed by atoms with Gasteiger partial charge < -0.3 is 5.32 Å². The molecule has 0 bridgehead atoms. The minimum absolute atomic E-state index is 0.215. The lowest BCUT2D eigenvalue weighted by Crippen LogP contribution is -2.66. The number of pyridine rings is 1. The first-order valence-corrected chi connectivity index (χ1v) is 7.31. The molecule has 3 heterocycles. The van der Waals surface area contributed by atoms with Crippen LogP contribution in [0.5, 0.6) is 0 Å². The lowest BCUT2D eigenvalue weighted by Gasteiger charge is -2.48. The fourth-order valence-electron chi connectivity index (χ4n) is 3.33. The van der Waals surface area contributed by atoms with Crippen LogP contribution < -0.4 is 5.32 Å². The molecular formula is C15H22N4O. The lowest BCUT2D eigenvalue weighted by atomic mass is 9.83. The van der Waals surface area contributed by atoms with Crippen molar-refractivity contribution in [2.45, 2.75) is 24.9 Å². The van der Waals surface area contributed by atoms with Crippen LogP contribution in [0.2, 0.25) is 0 Å². The molecule has 1 aromatic heterocycles. The van der Waals surface area contributed by atoms with Crippen LogP contribution in [-0.4, -0.2) is 59.5 Å². The predicted octanol–water partition coefficient (Wildman–Crippen LogP) is 0.478. The molecule has 0 aromatic carbocycles. The first kappa shape index (κ1) is 13.5. The van der Waals surface area contributed by atoms with Crippen molar-refractivity contribution in [2.24, 2.45) is 0 Å². The van der Waals surface area contributed by atoms with Gasteiger partial charge in [0.2, 0.25) is 5.91 Å². The zero-order valence-corrected chi connectivity index (χ0v) is 12.0. The summed E-state index contributed by atoms with van der Waals surface area (Å²) in [5.74, 6) is 0.215. The number of carbonyl (C=O) groups excluding carboxylic acids is 1. The lowest BCUT2D eigenvalue weighted by molar-refractivity contribution is -0.140. The van der Waals surface area contributed by atoms with E-state index in [0.717, 1.165) is 45.6 Å². The molecule has 1 amide bonds. The van der Waals surface area contributed by atoms with Crippen molar-refractivity contribution < 1.29 is 4.79 Å². The fourth-order valence-corrected chi connectivity index (χ4v) is 3.33. The zero-order valence-electron chi connectivity index (χ0n) is 12.0. The fraction of sp³-hybridized carbons (Fsp3) is 0.600. The van der Waals surface area contributed by atoms with Crippen molar-refractivity contribution in [1.82, 2.24) is 20.1 Å². The topological polar surface area (TPSA) is 48.5 Å². The summed E-state index contributed by atoms with van der Waals surface area (Å²) >= 11 is 0. The van der Waals surface area contributed by atoms with Crippen LogP contribution in [0.3, 0.4) is 0 Å². The first-order valence-electron chi connectivity index (χ1n) is 7.31. The molecule has 5 nitrogen and oxygen atoms in total. The van der Waals surface area contributed by atoms with Crippen LogP contribution >= 0.6 is 0 Å². The van der Waals surface area contributed by atoms with Gasteiger partial charge in [0.05, 0.1) is 0 Å². The number of piperidine rings is 1. The number of likely N-dealkylation sites (tertiary alicyclic amines) is 1. The highest BCUT2D eigenvalue weighted by Gasteiger charge is 2.46.